The van der Waals surface area contributed by atoms with E-state index in [2.05, 4.69) is 28.9 Å². The number of nitrogens with zero attached hydrogens (tertiary/aromatic N) is 5. The van der Waals surface area contributed by atoms with Gasteiger partial charge in [-0.2, -0.15) is 0 Å². The fourth-order valence-corrected chi connectivity index (χ4v) is 3.37. The van der Waals surface area contributed by atoms with E-state index in [1.54, 1.807) is 6.20 Å². The zero-order valence-electron chi connectivity index (χ0n) is 14.2. The van der Waals surface area contributed by atoms with Crippen LogP contribution in [0.4, 0.5) is 0 Å². The Morgan fingerprint density at radius 2 is 1.96 bits per heavy atom. The molecular formula is C19H21N5S. The molecule has 2 aromatic heterocycles. The lowest BCUT2D eigenvalue weighted by Crippen LogP contribution is -2.29. The number of rotatable bonds is 6. The summed E-state index contributed by atoms with van der Waals surface area (Å²) in [6.07, 6.45) is 6.15. The zero-order chi connectivity index (χ0) is 17.2. The van der Waals surface area contributed by atoms with E-state index < -0.39 is 0 Å². The lowest BCUT2D eigenvalue weighted by Gasteiger charge is -2.19. The second-order valence-electron chi connectivity index (χ2n) is 6.30. The summed E-state index contributed by atoms with van der Waals surface area (Å²) in [6, 6.07) is 14.8. The summed E-state index contributed by atoms with van der Waals surface area (Å²) in [5.41, 5.74) is 1.98. The van der Waals surface area contributed by atoms with Gasteiger partial charge in [-0.1, -0.05) is 25.1 Å². The fraction of sp³-hybridized carbons (Fsp3) is 0.316. The van der Waals surface area contributed by atoms with Crippen LogP contribution in [0.3, 0.4) is 0 Å². The molecule has 5 nitrogen and oxygen atoms in total. The number of benzene rings is 1. The molecule has 0 spiro atoms. The van der Waals surface area contributed by atoms with Crippen LogP contribution in [0.1, 0.15) is 19.8 Å². The Bertz CT molecular complexity index is 897. The standard InChI is InChI=1S/C19H21N5S/c1-2-22(16-10-11-16)14-23-19(25)24(17-8-4-3-5-9-17)18(21-23)15-7-6-12-20-13-15/h3-9,12-13,16H,2,10-11,14H2,1H3. The van der Waals surface area contributed by atoms with Crippen LogP contribution in [-0.4, -0.2) is 36.8 Å². The molecule has 1 saturated carbocycles. The van der Waals surface area contributed by atoms with E-state index in [0.717, 1.165) is 30.3 Å². The lowest BCUT2D eigenvalue weighted by atomic mass is 10.2. The molecule has 0 bridgehead atoms. The third-order valence-electron chi connectivity index (χ3n) is 4.56. The Morgan fingerprint density at radius 1 is 1.16 bits per heavy atom. The van der Waals surface area contributed by atoms with Gasteiger partial charge in [-0.05, 0) is 55.9 Å². The van der Waals surface area contributed by atoms with E-state index in [9.17, 15) is 0 Å². The van der Waals surface area contributed by atoms with Crippen molar-refractivity contribution >= 4 is 12.2 Å². The Morgan fingerprint density at radius 3 is 2.60 bits per heavy atom. The molecule has 0 saturated heterocycles. The van der Waals surface area contributed by atoms with Crippen molar-refractivity contribution in [3.63, 3.8) is 0 Å². The molecule has 0 atom stereocenters. The summed E-state index contributed by atoms with van der Waals surface area (Å²) < 4.78 is 4.68. The first-order valence-electron chi connectivity index (χ1n) is 8.67. The van der Waals surface area contributed by atoms with Crippen LogP contribution in [0.2, 0.25) is 0 Å². The minimum absolute atomic E-state index is 0.676. The minimum atomic E-state index is 0.676. The topological polar surface area (TPSA) is 38.9 Å². The van der Waals surface area contributed by atoms with Gasteiger partial charge in [-0.3, -0.25) is 14.5 Å². The Hall–Kier alpha value is -2.31. The smallest absolute Gasteiger partial charge is 0.204 e. The van der Waals surface area contributed by atoms with Gasteiger partial charge in [0, 0.05) is 29.7 Å². The van der Waals surface area contributed by atoms with Crippen LogP contribution in [0, 0.1) is 4.77 Å². The SMILES string of the molecule is CCN(Cn1nc(-c2cccnc2)n(-c2ccccc2)c1=S)C1CC1. The predicted molar refractivity (Wildman–Crippen MR) is 101 cm³/mol. The van der Waals surface area contributed by atoms with Gasteiger partial charge in [0.15, 0.2) is 5.82 Å². The van der Waals surface area contributed by atoms with Crippen molar-refractivity contribution in [1.29, 1.82) is 0 Å². The van der Waals surface area contributed by atoms with Crippen molar-refractivity contribution in [2.45, 2.75) is 32.5 Å². The Kier molecular flexibility index (Phi) is 4.46. The molecule has 4 rings (SSSR count). The van der Waals surface area contributed by atoms with E-state index in [4.69, 9.17) is 17.3 Å². The van der Waals surface area contributed by atoms with Crippen LogP contribution in [0.5, 0.6) is 0 Å². The number of hydrogen-bond donors (Lipinski definition) is 0. The van der Waals surface area contributed by atoms with E-state index in [-0.39, 0.29) is 0 Å². The van der Waals surface area contributed by atoms with Gasteiger partial charge in [-0.25, -0.2) is 4.68 Å². The molecule has 0 aliphatic heterocycles. The predicted octanol–water partition coefficient (Wildman–Crippen LogP) is 3.91. The highest BCUT2D eigenvalue weighted by Gasteiger charge is 2.28. The zero-order valence-corrected chi connectivity index (χ0v) is 15.1. The highest BCUT2D eigenvalue weighted by molar-refractivity contribution is 7.71. The molecule has 1 aliphatic carbocycles. The quantitative estimate of drug-likeness (QED) is 0.631. The van der Waals surface area contributed by atoms with Gasteiger partial charge >= 0.3 is 0 Å². The molecule has 1 aromatic carbocycles. The molecule has 0 amide bonds. The maximum absolute atomic E-state index is 5.78. The van der Waals surface area contributed by atoms with Crippen molar-refractivity contribution in [2.24, 2.45) is 0 Å². The number of aromatic nitrogens is 4. The molecule has 0 unspecified atom stereocenters. The van der Waals surface area contributed by atoms with Gasteiger partial charge in [0.1, 0.15) is 0 Å². The van der Waals surface area contributed by atoms with Crippen LogP contribution in [0.25, 0.3) is 17.1 Å². The monoisotopic (exact) mass is 351 g/mol. The molecule has 0 N–H and O–H groups in total. The van der Waals surface area contributed by atoms with Gasteiger partial charge < -0.3 is 0 Å². The van der Waals surface area contributed by atoms with Crippen LogP contribution < -0.4 is 0 Å². The van der Waals surface area contributed by atoms with E-state index >= 15 is 0 Å². The second kappa shape index (κ2) is 6.90. The molecule has 0 radical (unpaired) electrons. The van der Waals surface area contributed by atoms with Crippen LogP contribution in [0.15, 0.2) is 54.9 Å². The first kappa shape index (κ1) is 16.2. The molecule has 6 heteroatoms. The van der Waals surface area contributed by atoms with Gasteiger partial charge in [-0.15, -0.1) is 5.10 Å². The first-order chi connectivity index (χ1) is 12.3. The summed E-state index contributed by atoms with van der Waals surface area (Å²) in [4.78, 5) is 6.68. The Balaban J connectivity index is 1.82. The summed E-state index contributed by atoms with van der Waals surface area (Å²) >= 11 is 5.78. The molecule has 128 valence electrons. The van der Waals surface area contributed by atoms with Crippen molar-refractivity contribution in [3.05, 3.63) is 59.6 Å². The maximum atomic E-state index is 5.78. The van der Waals surface area contributed by atoms with E-state index in [1.165, 1.54) is 12.8 Å². The third kappa shape index (κ3) is 3.27. The van der Waals surface area contributed by atoms with Crippen molar-refractivity contribution in [2.75, 3.05) is 6.54 Å². The first-order valence-corrected chi connectivity index (χ1v) is 9.08. The van der Waals surface area contributed by atoms with Gasteiger partial charge in [0.25, 0.3) is 0 Å². The minimum Gasteiger partial charge on any atom is -0.282 e. The third-order valence-corrected chi connectivity index (χ3v) is 4.95. The Labute approximate surface area is 152 Å². The average molecular weight is 351 g/mol. The molecule has 3 aromatic rings. The van der Waals surface area contributed by atoms with E-state index in [1.807, 2.05) is 45.8 Å². The number of pyridine rings is 1. The fourth-order valence-electron chi connectivity index (χ4n) is 3.08. The van der Waals surface area contributed by atoms with Crippen LogP contribution >= 0.6 is 12.2 Å². The number of hydrogen-bond acceptors (Lipinski definition) is 4. The largest absolute Gasteiger partial charge is 0.282 e. The maximum Gasteiger partial charge on any atom is 0.204 e. The van der Waals surface area contributed by atoms with Gasteiger partial charge in [0.2, 0.25) is 4.77 Å². The summed E-state index contributed by atoms with van der Waals surface area (Å²) in [5, 5.41) is 4.85. The highest BCUT2D eigenvalue weighted by atomic mass is 32.1. The average Bonchev–Trinajstić information content (AvgIpc) is 3.45. The molecular weight excluding hydrogens is 330 g/mol. The summed E-state index contributed by atoms with van der Waals surface area (Å²) in [6.45, 7) is 3.93. The normalized spacial score (nSPS) is 14.2. The van der Waals surface area contributed by atoms with Crippen molar-refractivity contribution in [3.8, 4) is 17.1 Å². The van der Waals surface area contributed by atoms with E-state index in [0.29, 0.717) is 10.8 Å². The molecule has 2 heterocycles. The molecule has 25 heavy (non-hydrogen) atoms. The lowest BCUT2D eigenvalue weighted by molar-refractivity contribution is 0.206. The molecule has 1 fully saturated rings. The van der Waals surface area contributed by atoms with Crippen LogP contribution in [-0.2, 0) is 6.67 Å². The molecule has 1 aliphatic rings. The van der Waals surface area contributed by atoms with Crippen molar-refractivity contribution < 1.29 is 0 Å². The number of para-hydroxylation sites is 1. The van der Waals surface area contributed by atoms with Gasteiger partial charge in [0.05, 0.1) is 6.67 Å². The summed E-state index contributed by atoms with van der Waals surface area (Å²) in [7, 11) is 0. The second-order valence-corrected chi connectivity index (χ2v) is 6.66. The highest BCUT2D eigenvalue weighted by Crippen LogP contribution is 2.28. The summed E-state index contributed by atoms with van der Waals surface area (Å²) in [5.74, 6) is 0.830. The van der Waals surface area contributed by atoms with Crippen molar-refractivity contribution in [1.82, 2.24) is 24.2 Å².